The smallest absolute Gasteiger partial charge is 0.235 e. The van der Waals surface area contributed by atoms with Crippen molar-refractivity contribution in [3.05, 3.63) is 133 Å². The zero-order valence-corrected chi connectivity index (χ0v) is 20.9. The molecule has 0 N–H and O–H groups in total. The predicted octanol–water partition coefficient (Wildman–Crippen LogP) is 8.53. The summed E-state index contributed by atoms with van der Waals surface area (Å²) >= 11 is 0. The zero-order valence-electron chi connectivity index (χ0n) is 20.0. The van der Waals surface area contributed by atoms with Gasteiger partial charge in [0.25, 0.3) is 0 Å². The predicted molar refractivity (Wildman–Crippen MR) is 156 cm³/mol. The van der Waals surface area contributed by atoms with Gasteiger partial charge in [0.2, 0.25) is 7.29 Å². The molecule has 8 rings (SSSR count). The third-order valence-corrected chi connectivity index (χ3v) is 10.9. The Balaban J connectivity index is 1.51. The second kappa shape index (κ2) is 7.56. The maximum Gasteiger partial charge on any atom is 0.235 e. The first-order valence-electron chi connectivity index (χ1n) is 12.6. The fraction of sp³-hybridized carbons (Fsp3) is 0. The van der Waals surface area contributed by atoms with E-state index in [0.717, 1.165) is 38.5 Å². The molecule has 6 aromatic carbocycles. The van der Waals surface area contributed by atoms with Gasteiger partial charge in [0.05, 0.1) is 5.69 Å². The van der Waals surface area contributed by atoms with Gasteiger partial charge in [-0.25, -0.2) is 0 Å². The van der Waals surface area contributed by atoms with Crippen LogP contribution in [0.4, 0.5) is 11.4 Å². The molecule has 0 amide bonds. The van der Waals surface area contributed by atoms with Crippen molar-refractivity contribution in [1.82, 2.24) is 0 Å². The van der Waals surface area contributed by atoms with E-state index in [4.69, 9.17) is 0 Å². The lowest BCUT2D eigenvalue weighted by atomic mass is 10.0. The van der Waals surface area contributed by atoms with Crippen molar-refractivity contribution < 1.29 is 4.57 Å². The van der Waals surface area contributed by atoms with E-state index < -0.39 is 7.29 Å². The topological polar surface area (TPSA) is 20.3 Å². The lowest BCUT2D eigenvalue weighted by Crippen LogP contribution is -2.34. The van der Waals surface area contributed by atoms with Crippen molar-refractivity contribution in [2.45, 2.75) is 0 Å². The number of fused-ring (bicyclic) bond motifs is 6. The summed E-state index contributed by atoms with van der Waals surface area (Å²) in [6.07, 6.45) is 0. The minimum absolute atomic E-state index is 0.881. The molecule has 174 valence electrons. The molecule has 1 aliphatic carbocycles. The Bertz CT molecular complexity index is 1900. The van der Waals surface area contributed by atoms with Crippen molar-refractivity contribution >= 4 is 40.0 Å². The van der Waals surface area contributed by atoms with E-state index in [1.807, 2.05) is 36.4 Å². The second-order valence-electron chi connectivity index (χ2n) is 9.66. The van der Waals surface area contributed by atoms with E-state index in [2.05, 4.69) is 102 Å². The first-order valence-corrected chi connectivity index (χ1v) is 14.2. The van der Waals surface area contributed by atoms with E-state index >= 15 is 4.57 Å². The van der Waals surface area contributed by atoms with E-state index in [-0.39, 0.29) is 0 Å². The Labute approximate surface area is 215 Å². The fourth-order valence-electron chi connectivity index (χ4n) is 6.28. The average Bonchev–Trinajstić information content (AvgIpc) is 3.29. The highest BCUT2D eigenvalue weighted by Gasteiger charge is 2.44. The number of anilines is 2. The SMILES string of the molecule is O=P1(c2ccc3c4c(cccc24)-c2ccccc2-3)c2ccccc2-c2ccccc2N1c1ccccc1. The lowest BCUT2D eigenvalue weighted by molar-refractivity contribution is 0.587. The Morgan fingerprint density at radius 2 is 1.03 bits per heavy atom. The van der Waals surface area contributed by atoms with Crippen LogP contribution in [0.25, 0.3) is 44.2 Å². The van der Waals surface area contributed by atoms with Gasteiger partial charge < -0.3 is 0 Å². The summed E-state index contributed by atoms with van der Waals surface area (Å²) in [5.41, 5.74) is 8.97. The molecule has 2 nitrogen and oxygen atoms in total. The summed E-state index contributed by atoms with van der Waals surface area (Å²) in [5.74, 6) is 0. The van der Waals surface area contributed by atoms with Crippen LogP contribution < -0.4 is 15.3 Å². The van der Waals surface area contributed by atoms with Crippen LogP contribution in [0, 0.1) is 0 Å². The molecule has 0 fully saturated rings. The second-order valence-corrected chi connectivity index (χ2v) is 12.2. The van der Waals surface area contributed by atoms with Crippen molar-refractivity contribution in [2.75, 3.05) is 4.67 Å². The van der Waals surface area contributed by atoms with Gasteiger partial charge >= 0.3 is 0 Å². The van der Waals surface area contributed by atoms with E-state index in [1.165, 1.54) is 27.6 Å². The fourth-order valence-corrected chi connectivity index (χ4v) is 9.50. The van der Waals surface area contributed by atoms with Crippen LogP contribution in [0.15, 0.2) is 133 Å². The Hall–Kier alpha value is -4.39. The van der Waals surface area contributed by atoms with Crippen molar-refractivity contribution in [3.8, 4) is 33.4 Å². The molecule has 0 saturated carbocycles. The molecule has 0 radical (unpaired) electrons. The summed E-state index contributed by atoms with van der Waals surface area (Å²) < 4.78 is 18.1. The molecule has 1 unspecified atom stereocenters. The molecule has 0 spiro atoms. The summed E-state index contributed by atoms with van der Waals surface area (Å²) in [4.78, 5) is 0. The van der Waals surface area contributed by atoms with E-state index in [0.29, 0.717) is 0 Å². The largest absolute Gasteiger partial charge is 0.289 e. The average molecular weight is 492 g/mol. The van der Waals surface area contributed by atoms with Gasteiger partial charge in [0.1, 0.15) is 0 Å². The molecule has 3 heteroatoms. The van der Waals surface area contributed by atoms with E-state index in [9.17, 15) is 0 Å². The minimum atomic E-state index is -3.34. The van der Waals surface area contributed by atoms with Gasteiger partial charge in [-0.3, -0.25) is 9.24 Å². The molecule has 0 bridgehead atoms. The Morgan fingerprint density at radius 1 is 0.432 bits per heavy atom. The first-order chi connectivity index (χ1) is 18.3. The third-order valence-electron chi connectivity index (χ3n) is 7.79. The van der Waals surface area contributed by atoms with Gasteiger partial charge in [-0.2, -0.15) is 0 Å². The molecule has 6 aromatic rings. The summed E-state index contributed by atoms with van der Waals surface area (Å²) in [5, 5.41) is 4.02. The number of hydrogen-bond acceptors (Lipinski definition) is 1. The van der Waals surface area contributed by atoms with Crippen LogP contribution >= 0.6 is 7.29 Å². The highest BCUT2D eigenvalue weighted by molar-refractivity contribution is 7.81. The number of hydrogen-bond donors (Lipinski definition) is 0. The molecule has 0 aromatic heterocycles. The van der Waals surface area contributed by atoms with Gasteiger partial charge in [-0.1, -0.05) is 103 Å². The molecule has 37 heavy (non-hydrogen) atoms. The van der Waals surface area contributed by atoms with Gasteiger partial charge in [0, 0.05) is 21.9 Å². The first kappa shape index (κ1) is 20.8. The van der Waals surface area contributed by atoms with Gasteiger partial charge in [-0.05, 0) is 68.9 Å². The van der Waals surface area contributed by atoms with Crippen LogP contribution in [0.1, 0.15) is 0 Å². The standard InChI is InChI=1S/C34H22NOP/c36-37(33-22-21-29-25-14-5-4-13-24(25)28-17-10-18-30(33)34(28)29)32-20-9-7-16-27(32)26-15-6-8-19-31(26)35(37)23-11-2-1-3-12-23/h1-22H. The number of nitrogens with zero attached hydrogens (tertiary/aromatic N) is 1. The Kier molecular flexibility index (Phi) is 4.24. The number of rotatable bonds is 2. The molecule has 2 aliphatic rings. The molecule has 1 atom stereocenters. The number of para-hydroxylation sites is 2. The molecular weight excluding hydrogens is 469 g/mol. The molecule has 1 heterocycles. The van der Waals surface area contributed by atoms with Crippen LogP contribution in [-0.2, 0) is 4.57 Å². The highest BCUT2D eigenvalue weighted by Crippen LogP contribution is 2.62. The summed E-state index contributed by atoms with van der Waals surface area (Å²) in [6, 6.07) is 46.0. The maximum atomic E-state index is 16.0. The third kappa shape index (κ3) is 2.68. The maximum absolute atomic E-state index is 16.0. The van der Waals surface area contributed by atoms with Crippen molar-refractivity contribution in [1.29, 1.82) is 0 Å². The zero-order chi connectivity index (χ0) is 24.6. The monoisotopic (exact) mass is 491 g/mol. The molecular formula is C34H22NOP. The molecule has 0 saturated heterocycles. The lowest BCUT2D eigenvalue weighted by Gasteiger charge is -2.40. The van der Waals surface area contributed by atoms with Crippen LogP contribution in [0.2, 0.25) is 0 Å². The van der Waals surface area contributed by atoms with Crippen LogP contribution in [0.5, 0.6) is 0 Å². The normalized spacial score (nSPS) is 16.8. The van der Waals surface area contributed by atoms with Crippen molar-refractivity contribution in [3.63, 3.8) is 0 Å². The summed E-state index contributed by atoms with van der Waals surface area (Å²) in [7, 11) is -3.34. The quantitative estimate of drug-likeness (QED) is 0.226. The minimum Gasteiger partial charge on any atom is -0.289 e. The summed E-state index contributed by atoms with van der Waals surface area (Å²) in [6.45, 7) is 0. The van der Waals surface area contributed by atoms with E-state index in [1.54, 1.807) is 0 Å². The Morgan fingerprint density at radius 3 is 1.81 bits per heavy atom. The van der Waals surface area contributed by atoms with Gasteiger partial charge in [0.15, 0.2) is 0 Å². The van der Waals surface area contributed by atoms with Crippen LogP contribution in [0.3, 0.4) is 0 Å². The van der Waals surface area contributed by atoms with Gasteiger partial charge in [-0.15, -0.1) is 0 Å². The number of benzene rings is 6. The highest BCUT2D eigenvalue weighted by atomic mass is 31.2. The molecule has 1 aliphatic heterocycles. The van der Waals surface area contributed by atoms with Crippen LogP contribution in [-0.4, -0.2) is 0 Å². The van der Waals surface area contributed by atoms with Crippen molar-refractivity contribution in [2.24, 2.45) is 0 Å².